The summed E-state index contributed by atoms with van der Waals surface area (Å²) >= 11 is 0. The van der Waals surface area contributed by atoms with Crippen molar-refractivity contribution in [3.05, 3.63) is 60.2 Å². The van der Waals surface area contributed by atoms with Crippen molar-refractivity contribution in [2.24, 2.45) is 0 Å². The molecule has 1 atom stereocenters. The zero-order valence-corrected chi connectivity index (χ0v) is 15.5. The Morgan fingerprint density at radius 2 is 1.69 bits per heavy atom. The number of ether oxygens (including phenoxy) is 1. The lowest BCUT2D eigenvalue weighted by Gasteiger charge is -2.36. The number of benzene rings is 2. The summed E-state index contributed by atoms with van der Waals surface area (Å²) in [5, 5.41) is 3.28. The maximum Gasteiger partial charge on any atom is 0.244 e. The number of amides is 1. The van der Waals surface area contributed by atoms with Gasteiger partial charge in [0, 0.05) is 38.4 Å². The molecular weight excluding hydrogens is 326 g/mol. The van der Waals surface area contributed by atoms with Crippen LogP contribution >= 0.6 is 0 Å². The molecule has 26 heavy (non-hydrogen) atoms. The van der Waals surface area contributed by atoms with Crippen molar-refractivity contribution in [2.45, 2.75) is 19.5 Å². The van der Waals surface area contributed by atoms with Crippen LogP contribution in [-0.2, 0) is 11.3 Å². The van der Waals surface area contributed by atoms with Crippen LogP contribution in [0.4, 0.5) is 5.69 Å². The Balaban J connectivity index is 1.47. The summed E-state index contributed by atoms with van der Waals surface area (Å²) in [4.78, 5) is 17.1. The van der Waals surface area contributed by atoms with E-state index in [1.807, 2.05) is 42.2 Å². The quantitative estimate of drug-likeness (QED) is 0.867. The molecule has 2 aromatic rings. The van der Waals surface area contributed by atoms with Crippen LogP contribution in [0.2, 0.25) is 0 Å². The van der Waals surface area contributed by atoms with Gasteiger partial charge < -0.3 is 15.0 Å². The second kappa shape index (κ2) is 8.72. The van der Waals surface area contributed by atoms with Crippen molar-refractivity contribution in [3.63, 3.8) is 0 Å². The highest BCUT2D eigenvalue weighted by Gasteiger charge is 2.24. The van der Waals surface area contributed by atoms with Crippen LogP contribution in [0, 0.1) is 0 Å². The topological polar surface area (TPSA) is 44.8 Å². The number of piperazine rings is 1. The number of hydrogen-bond donors (Lipinski definition) is 1. The molecule has 1 fully saturated rings. The van der Waals surface area contributed by atoms with Gasteiger partial charge in [-0.1, -0.05) is 30.3 Å². The number of nitrogens with one attached hydrogen (secondary N) is 1. The minimum absolute atomic E-state index is 0.153. The smallest absolute Gasteiger partial charge is 0.244 e. The molecule has 0 aliphatic carbocycles. The van der Waals surface area contributed by atoms with Gasteiger partial charge in [-0.2, -0.15) is 0 Å². The Labute approximate surface area is 155 Å². The van der Waals surface area contributed by atoms with Gasteiger partial charge in [0.2, 0.25) is 5.91 Å². The molecule has 1 aliphatic heterocycles. The lowest BCUT2D eigenvalue weighted by molar-refractivity contribution is -0.133. The first kappa shape index (κ1) is 18.3. The zero-order valence-electron chi connectivity index (χ0n) is 15.5. The van der Waals surface area contributed by atoms with E-state index in [-0.39, 0.29) is 11.9 Å². The van der Waals surface area contributed by atoms with E-state index < -0.39 is 0 Å². The monoisotopic (exact) mass is 353 g/mol. The molecule has 0 aromatic heterocycles. The van der Waals surface area contributed by atoms with Crippen LogP contribution in [0.1, 0.15) is 12.5 Å². The molecule has 3 rings (SSSR count). The lowest BCUT2D eigenvalue weighted by atomic mass is 10.2. The Morgan fingerprint density at radius 3 is 2.31 bits per heavy atom. The summed E-state index contributed by atoms with van der Waals surface area (Å²) in [6.07, 6.45) is 0. The predicted molar refractivity (Wildman–Crippen MR) is 104 cm³/mol. The summed E-state index contributed by atoms with van der Waals surface area (Å²) in [6, 6.07) is 17.9. The van der Waals surface area contributed by atoms with Crippen molar-refractivity contribution in [1.82, 2.24) is 9.80 Å². The maximum absolute atomic E-state index is 12.7. The lowest BCUT2D eigenvalue weighted by Crippen LogP contribution is -2.51. The molecule has 0 spiro atoms. The van der Waals surface area contributed by atoms with E-state index in [0.717, 1.165) is 44.2 Å². The third-order valence-corrected chi connectivity index (χ3v) is 4.78. The number of anilines is 1. The van der Waals surface area contributed by atoms with Gasteiger partial charge in [-0.05, 0) is 36.8 Å². The van der Waals surface area contributed by atoms with Gasteiger partial charge in [0.05, 0.1) is 7.11 Å². The van der Waals surface area contributed by atoms with Gasteiger partial charge in [0.25, 0.3) is 0 Å². The van der Waals surface area contributed by atoms with Gasteiger partial charge in [0.1, 0.15) is 11.8 Å². The van der Waals surface area contributed by atoms with Crippen LogP contribution in [-0.4, -0.2) is 55.0 Å². The molecule has 0 saturated carbocycles. The maximum atomic E-state index is 12.7. The molecule has 138 valence electrons. The highest BCUT2D eigenvalue weighted by molar-refractivity contribution is 5.84. The minimum atomic E-state index is -0.246. The molecule has 1 aliphatic rings. The third-order valence-electron chi connectivity index (χ3n) is 4.78. The number of hydrogen-bond acceptors (Lipinski definition) is 4. The van der Waals surface area contributed by atoms with E-state index in [1.165, 1.54) is 5.56 Å². The van der Waals surface area contributed by atoms with E-state index in [9.17, 15) is 4.79 Å². The van der Waals surface area contributed by atoms with Crippen molar-refractivity contribution in [3.8, 4) is 5.75 Å². The fourth-order valence-electron chi connectivity index (χ4n) is 3.24. The van der Waals surface area contributed by atoms with Gasteiger partial charge in [-0.15, -0.1) is 0 Å². The third kappa shape index (κ3) is 4.76. The highest BCUT2D eigenvalue weighted by Crippen LogP contribution is 2.17. The molecule has 1 heterocycles. The molecule has 5 nitrogen and oxygen atoms in total. The Hall–Kier alpha value is -2.53. The highest BCUT2D eigenvalue weighted by atomic mass is 16.5. The molecule has 1 N–H and O–H groups in total. The molecule has 1 amide bonds. The van der Waals surface area contributed by atoms with E-state index in [2.05, 4.69) is 34.5 Å². The zero-order chi connectivity index (χ0) is 18.4. The van der Waals surface area contributed by atoms with Crippen LogP contribution < -0.4 is 10.1 Å². The van der Waals surface area contributed by atoms with Crippen molar-refractivity contribution < 1.29 is 9.53 Å². The Kier molecular flexibility index (Phi) is 6.12. The molecule has 1 saturated heterocycles. The van der Waals surface area contributed by atoms with Crippen LogP contribution in [0.3, 0.4) is 0 Å². The second-order valence-electron chi connectivity index (χ2n) is 6.68. The first-order chi connectivity index (χ1) is 12.7. The SMILES string of the molecule is COc1ccc(N[C@@H](C)C(=O)N2CCN(Cc3ccccc3)CC2)cc1. The van der Waals surface area contributed by atoms with Crippen LogP contribution in [0.25, 0.3) is 0 Å². The summed E-state index contributed by atoms with van der Waals surface area (Å²) < 4.78 is 5.16. The summed E-state index contributed by atoms with van der Waals surface area (Å²) in [5.74, 6) is 0.962. The van der Waals surface area contributed by atoms with Gasteiger partial charge in [-0.25, -0.2) is 0 Å². The molecule has 2 aromatic carbocycles. The number of carbonyl (C=O) groups excluding carboxylic acids is 1. The summed E-state index contributed by atoms with van der Waals surface area (Å²) in [6.45, 7) is 6.25. The summed E-state index contributed by atoms with van der Waals surface area (Å²) in [5.41, 5.74) is 2.25. The fraction of sp³-hybridized carbons (Fsp3) is 0.381. The van der Waals surface area contributed by atoms with Crippen LogP contribution in [0.15, 0.2) is 54.6 Å². The fourth-order valence-corrected chi connectivity index (χ4v) is 3.24. The van der Waals surface area contributed by atoms with E-state index in [0.29, 0.717) is 0 Å². The van der Waals surface area contributed by atoms with Crippen molar-refractivity contribution in [2.75, 3.05) is 38.6 Å². The molecule has 5 heteroatoms. The number of rotatable bonds is 6. The molecule has 0 unspecified atom stereocenters. The minimum Gasteiger partial charge on any atom is -0.497 e. The first-order valence-corrected chi connectivity index (χ1v) is 9.11. The van der Waals surface area contributed by atoms with Crippen LogP contribution in [0.5, 0.6) is 5.75 Å². The summed E-state index contributed by atoms with van der Waals surface area (Å²) in [7, 11) is 1.64. The predicted octanol–water partition coefficient (Wildman–Crippen LogP) is 2.84. The van der Waals surface area contributed by atoms with E-state index in [4.69, 9.17) is 4.74 Å². The largest absolute Gasteiger partial charge is 0.497 e. The average Bonchev–Trinajstić information content (AvgIpc) is 2.69. The van der Waals surface area contributed by atoms with E-state index in [1.54, 1.807) is 7.11 Å². The van der Waals surface area contributed by atoms with Crippen molar-refractivity contribution in [1.29, 1.82) is 0 Å². The van der Waals surface area contributed by atoms with Gasteiger partial charge >= 0.3 is 0 Å². The molecule has 0 bridgehead atoms. The van der Waals surface area contributed by atoms with Crippen molar-refractivity contribution >= 4 is 11.6 Å². The Bertz CT molecular complexity index is 695. The van der Waals surface area contributed by atoms with E-state index >= 15 is 0 Å². The standard InChI is InChI=1S/C21H27N3O2/c1-17(22-19-8-10-20(26-2)11-9-19)21(25)24-14-12-23(13-15-24)16-18-6-4-3-5-7-18/h3-11,17,22H,12-16H2,1-2H3/t17-/m0/s1. The average molecular weight is 353 g/mol. The molecular formula is C21H27N3O2. The molecule has 0 radical (unpaired) electrons. The van der Waals surface area contributed by atoms with Gasteiger partial charge in [0.15, 0.2) is 0 Å². The number of nitrogens with zero attached hydrogens (tertiary/aromatic N) is 2. The number of carbonyl (C=O) groups is 1. The van der Waals surface area contributed by atoms with Gasteiger partial charge in [-0.3, -0.25) is 9.69 Å². The normalized spacial score (nSPS) is 16.2. The second-order valence-corrected chi connectivity index (χ2v) is 6.68. The first-order valence-electron chi connectivity index (χ1n) is 9.11. The Morgan fingerprint density at radius 1 is 1.04 bits per heavy atom. The number of methoxy groups -OCH3 is 1.